The molecular formula is C18H17FN2O3S. The quantitative estimate of drug-likeness (QED) is 0.640. The van der Waals surface area contributed by atoms with Gasteiger partial charge < -0.3 is 14.8 Å². The topological polar surface area (TPSA) is 60.5 Å². The fourth-order valence-corrected chi connectivity index (χ4v) is 3.14. The van der Waals surface area contributed by atoms with E-state index in [-0.39, 0.29) is 11.7 Å². The van der Waals surface area contributed by atoms with Crippen molar-refractivity contribution < 1.29 is 18.7 Å². The van der Waals surface area contributed by atoms with Gasteiger partial charge in [0.1, 0.15) is 17.3 Å². The van der Waals surface area contributed by atoms with E-state index >= 15 is 0 Å². The van der Waals surface area contributed by atoms with Crippen LogP contribution in [-0.2, 0) is 4.79 Å². The first-order valence-corrected chi connectivity index (χ1v) is 8.58. The summed E-state index contributed by atoms with van der Waals surface area (Å²) in [6.07, 6.45) is 0.901. The van der Waals surface area contributed by atoms with E-state index in [4.69, 9.17) is 9.47 Å². The van der Waals surface area contributed by atoms with Crippen molar-refractivity contribution >= 4 is 32.6 Å². The average molecular weight is 360 g/mol. The second kappa shape index (κ2) is 7.94. The number of anilines is 1. The third kappa shape index (κ3) is 4.67. The molecule has 5 nitrogen and oxygen atoms in total. The maximum Gasteiger partial charge on any atom is 0.226 e. The molecular weight excluding hydrogens is 343 g/mol. The molecule has 1 amide bonds. The lowest BCUT2D eigenvalue weighted by atomic mass is 10.3. The third-order valence-corrected chi connectivity index (χ3v) is 4.41. The highest BCUT2D eigenvalue weighted by Gasteiger charge is 2.08. The smallest absolute Gasteiger partial charge is 0.226 e. The molecule has 1 aromatic heterocycles. The Kier molecular flexibility index (Phi) is 5.45. The van der Waals surface area contributed by atoms with Crippen LogP contribution in [-0.4, -0.2) is 24.6 Å². The number of rotatable bonds is 7. The molecule has 1 N–H and O–H groups in total. The zero-order valence-electron chi connectivity index (χ0n) is 13.6. The van der Waals surface area contributed by atoms with Gasteiger partial charge in [-0.2, -0.15) is 0 Å². The van der Waals surface area contributed by atoms with E-state index in [0.717, 1.165) is 11.5 Å². The number of fused-ring (bicyclic) bond motifs is 1. The minimum Gasteiger partial charge on any atom is -0.497 e. The van der Waals surface area contributed by atoms with Gasteiger partial charge in [-0.3, -0.25) is 4.79 Å². The predicted molar refractivity (Wildman–Crippen MR) is 95.9 cm³/mol. The Morgan fingerprint density at radius 1 is 1.20 bits per heavy atom. The summed E-state index contributed by atoms with van der Waals surface area (Å²) in [7, 11) is 1.61. The molecule has 0 aliphatic rings. The van der Waals surface area contributed by atoms with E-state index in [0.29, 0.717) is 34.8 Å². The molecule has 1 heterocycles. The molecule has 0 unspecified atom stereocenters. The van der Waals surface area contributed by atoms with Crippen molar-refractivity contribution in [3.8, 4) is 11.5 Å². The highest BCUT2D eigenvalue weighted by atomic mass is 32.1. The largest absolute Gasteiger partial charge is 0.497 e. The summed E-state index contributed by atoms with van der Waals surface area (Å²) in [5, 5.41) is 3.21. The number of carbonyl (C=O) groups is 1. The third-order valence-electron chi connectivity index (χ3n) is 3.47. The number of hydrogen-bond acceptors (Lipinski definition) is 5. The maximum atomic E-state index is 13.2. The van der Waals surface area contributed by atoms with Crippen LogP contribution < -0.4 is 14.8 Å². The van der Waals surface area contributed by atoms with Crippen molar-refractivity contribution in [1.29, 1.82) is 0 Å². The Balaban J connectivity index is 1.44. The van der Waals surface area contributed by atoms with Crippen LogP contribution in [0.15, 0.2) is 42.5 Å². The molecule has 0 radical (unpaired) electrons. The average Bonchev–Trinajstić information content (AvgIpc) is 3.00. The van der Waals surface area contributed by atoms with E-state index in [1.807, 2.05) is 24.3 Å². The molecule has 7 heteroatoms. The molecule has 0 fully saturated rings. The highest BCUT2D eigenvalue weighted by molar-refractivity contribution is 7.22. The Hall–Kier alpha value is -2.67. The molecule has 0 aliphatic heterocycles. The number of benzene rings is 2. The van der Waals surface area contributed by atoms with Crippen molar-refractivity contribution in [3.05, 3.63) is 48.3 Å². The first-order chi connectivity index (χ1) is 12.1. The molecule has 0 atom stereocenters. The van der Waals surface area contributed by atoms with Gasteiger partial charge in [0, 0.05) is 6.42 Å². The molecule has 130 valence electrons. The normalized spacial score (nSPS) is 10.6. The minimum absolute atomic E-state index is 0.141. The minimum atomic E-state index is -0.315. The highest BCUT2D eigenvalue weighted by Crippen LogP contribution is 2.26. The van der Waals surface area contributed by atoms with Crippen LogP contribution >= 0.6 is 11.3 Å². The molecule has 3 aromatic rings. The Morgan fingerprint density at radius 3 is 2.72 bits per heavy atom. The summed E-state index contributed by atoms with van der Waals surface area (Å²) in [4.78, 5) is 16.2. The van der Waals surface area contributed by atoms with Crippen molar-refractivity contribution in [2.24, 2.45) is 0 Å². The summed E-state index contributed by atoms with van der Waals surface area (Å²) < 4.78 is 24.5. The number of ether oxygens (including phenoxy) is 2. The zero-order chi connectivity index (χ0) is 17.6. The summed E-state index contributed by atoms with van der Waals surface area (Å²) >= 11 is 1.25. The standard InChI is InChI=1S/C18H17FN2O3S/c1-23-13-5-7-14(8-6-13)24-10-2-3-17(22)21-18-20-15-9-4-12(19)11-16(15)25-18/h4-9,11H,2-3,10H2,1H3,(H,20,21,22). The Labute approximate surface area is 148 Å². The van der Waals surface area contributed by atoms with E-state index in [2.05, 4.69) is 10.3 Å². The van der Waals surface area contributed by atoms with Crippen molar-refractivity contribution in [3.63, 3.8) is 0 Å². The van der Waals surface area contributed by atoms with Gasteiger partial charge >= 0.3 is 0 Å². The molecule has 0 aliphatic carbocycles. The number of carbonyl (C=O) groups excluding carboxylic acids is 1. The van der Waals surface area contributed by atoms with Crippen LogP contribution in [0.5, 0.6) is 11.5 Å². The van der Waals surface area contributed by atoms with Crippen LogP contribution in [0.25, 0.3) is 10.2 Å². The van der Waals surface area contributed by atoms with Gasteiger partial charge in [0.15, 0.2) is 5.13 Å². The summed E-state index contributed by atoms with van der Waals surface area (Å²) in [5.74, 6) is 1.04. The van der Waals surface area contributed by atoms with E-state index in [1.54, 1.807) is 13.2 Å². The summed E-state index contributed by atoms with van der Waals surface area (Å²) in [5.41, 5.74) is 0.671. The first-order valence-electron chi connectivity index (χ1n) is 7.77. The van der Waals surface area contributed by atoms with Gasteiger partial charge in [0.05, 0.1) is 23.9 Å². The van der Waals surface area contributed by atoms with Crippen molar-refractivity contribution in [1.82, 2.24) is 4.98 Å². The van der Waals surface area contributed by atoms with E-state index in [9.17, 15) is 9.18 Å². The Bertz CT molecular complexity index is 864. The van der Waals surface area contributed by atoms with Gasteiger partial charge in [0.2, 0.25) is 5.91 Å². The molecule has 0 saturated carbocycles. The van der Waals surface area contributed by atoms with Crippen molar-refractivity contribution in [2.45, 2.75) is 12.8 Å². The fourth-order valence-electron chi connectivity index (χ4n) is 2.23. The molecule has 0 spiro atoms. The van der Waals surface area contributed by atoms with Gasteiger partial charge in [-0.1, -0.05) is 11.3 Å². The number of amides is 1. The Morgan fingerprint density at radius 2 is 1.96 bits per heavy atom. The SMILES string of the molecule is COc1ccc(OCCCC(=O)Nc2nc3ccc(F)cc3s2)cc1. The zero-order valence-corrected chi connectivity index (χ0v) is 14.4. The molecule has 0 saturated heterocycles. The van der Waals surface area contributed by atoms with E-state index < -0.39 is 0 Å². The number of nitrogens with zero attached hydrogens (tertiary/aromatic N) is 1. The van der Waals surface area contributed by atoms with E-state index in [1.165, 1.54) is 23.5 Å². The van der Waals surface area contributed by atoms with Gasteiger partial charge in [0.25, 0.3) is 0 Å². The molecule has 3 rings (SSSR count). The number of thiazole rings is 1. The monoisotopic (exact) mass is 360 g/mol. The number of methoxy groups -OCH3 is 1. The summed E-state index contributed by atoms with van der Waals surface area (Å²) in [6, 6.07) is 11.6. The second-order valence-electron chi connectivity index (χ2n) is 5.31. The van der Waals surface area contributed by atoms with Crippen molar-refractivity contribution in [2.75, 3.05) is 19.0 Å². The van der Waals surface area contributed by atoms with Crippen LogP contribution in [0, 0.1) is 5.82 Å². The number of hydrogen-bond donors (Lipinski definition) is 1. The molecule has 0 bridgehead atoms. The number of aromatic nitrogens is 1. The lowest BCUT2D eigenvalue weighted by Gasteiger charge is -2.07. The molecule has 2 aromatic carbocycles. The number of halogens is 1. The van der Waals surface area contributed by atoms with Gasteiger partial charge in [-0.15, -0.1) is 0 Å². The second-order valence-corrected chi connectivity index (χ2v) is 6.34. The maximum absolute atomic E-state index is 13.2. The lowest BCUT2D eigenvalue weighted by molar-refractivity contribution is -0.116. The first kappa shape index (κ1) is 17.2. The fraction of sp³-hybridized carbons (Fsp3) is 0.222. The van der Waals surface area contributed by atoms with Crippen LogP contribution in [0.1, 0.15) is 12.8 Å². The number of nitrogens with one attached hydrogen (secondary N) is 1. The van der Waals surface area contributed by atoms with Gasteiger partial charge in [-0.05, 0) is 48.9 Å². The van der Waals surface area contributed by atoms with Crippen LogP contribution in [0.2, 0.25) is 0 Å². The van der Waals surface area contributed by atoms with Crippen LogP contribution in [0.3, 0.4) is 0 Å². The lowest BCUT2D eigenvalue weighted by Crippen LogP contribution is -2.12. The molecule has 25 heavy (non-hydrogen) atoms. The van der Waals surface area contributed by atoms with Crippen LogP contribution in [0.4, 0.5) is 9.52 Å². The summed E-state index contributed by atoms with van der Waals surface area (Å²) in [6.45, 7) is 0.435. The predicted octanol–water partition coefficient (Wildman–Crippen LogP) is 4.24. The van der Waals surface area contributed by atoms with Gasteiger partial charge in [-0.25, -0.2) is 9.37 Å².